The zero-order valence-corrected chi connectivity index (χ0v) is 11.9. The van der Waals surface area contributed by atoms with Crippen LogP contribution >= 0.6 is 0 Å². The minimum atomic E-state index is -1.43. The van der Waals surface area contributed by atoms with Gasteiger partial charge in [0, 0.05) is 11.1 Å². The number of hydrogen-bond acceptors (Lipinski definition) is 6. The monoisotopic (exact) mass is 298 g/mol. The molecule has 0 aliphatic heterocycles. The van der Waals surface area contributed by atoms with Crippen LogP contribution in [0.1, 0.15) is 22.0 Å². The number of para-hydroxylation sites is 1. The molecule has 0 saturated heterocycles. The first kappa shape index (κ1) is 15.5. The highest BCUT2D eigenvalue weighted by Crippen LogP contribution is 2.32. The van der Waals surface area contributed by atoms with E-state index in [1.807, 2.05) is 0 Å². The third kappa shape index (κ3) is 3.06. The second-order valence-corrected chi connectivity index (χ2v) is 4.57. The fourth-order valence-electron chi connectivity index (χ4n) is 2.22. The normalized spacial score (nSPS) is 13.0. The van der Waals surface area contributed by atoms with E-state index in [1.54, 1.807) is 54.6 Å². The molecule has 0 heterocycles. The maximum Gasteiger partial charge on any atom is 0.193 e. The number of nitroso groups, excluding NO2 is 2. The Hall–Kier alpha value is -2.89. The molecular weight excluding hydrogens is 284 g/mol. The van der Waals surface area contributed by atoms with E-state index in [2.05, 4.69) is 10.4 Å². The van der Waals surface area contributed by atoms with Crippen molar-refractivity contribution in [2.24, 2.45) is 10.4 Å². The minimum absolute atomic E-state index is 0.302. The van der Waals surface area contributed by atoms with Gasteiger partial charge in [-0.3, -0.25) is 4.79 Å². The molecule has 0 aromatic heterocycles. The Labute approximate surface area is 127 Å². The molecule has 0 fully saturated rings. The van der Waals surface area contributed by atoms with Crippen molar-refractivity contribution >= 4 is 5.78 Å². The van der Waals surface area contributed by atoms with E-state index in [0.717, 1.165) is 0 Å². The number of ether oxygens (including phenoxy) is 1. The zero-order chi connectivity index (χ0) is 15.9. The van der Waals surface area contributed by atoms with Gasteiger partial charge in [0.05, 0.1) is 7.11 Å². The summed E-state index contributed by atoms with van der Waals surface area (Å²) in [6.07, 6.45) is 0. The number of nitrogens with zero attached hydrogens (tertiary/aromatic N) is 2. The van der Waals surface area contributed by atoms with E-state index in [0.29, 0.717) is 16.9 Å². The summed E-state index contributed by atoms with van der Waals surface area (Å²) in [6.45, 7) is 0. The number of methoxy groups -OCH3 is 1. The van der Waals surface area contributed by atoms with Crippen LogP contribution in [0.25, 0.3) is 0 Å². The average molecular weight is 298 g/mol. The first-order valence-corrected chi connectivity index (χ1v) is 6.60. The van der Waals surface area contributed by atoms with E-state index in [1.165, 1.54) is 7.11 Å². The molecule has 2 rings (SSSR count). The van der Waals surface area contributed by atoms with E-state index in [4.69, 9.17) is 4.74 Å². The van der Waals surface area contributed by atoms with Gasteiger partial charge in [-0.05, 0) is 6.07 Å². The predicted octanol–water partition coefficient (Wildman–Crippen LogP) is 3.52. The SMILES string of the molecule is COc1ccccc1C(N=O)C(N=O)C(=O)c1ccccc1. The molecule has 0 saturated carbocycles. The lowest BCUT2D eigenvalue weighted by atomic mass is 9.93. The lowest BCUT2D eigenvalue weighted by Crippen LogP contribution is -2.25. The van der Waals surface area contributed by atoms with Gasteiger partial charge in [0.15, 0.2) is 17.9 Å². The quantitative estimate of drug-likeness (QED) is 0.578. The number of carbonyl (C=O) groups is 1. The van der Waals surface area contributed by atoms with Crippen molar-refractivity contribution in [2.45, 2.75) is 12.1 Å². The number of Topliss-reactive ketones (excluding diaryl/α,β-unsaturated/α-hetero) is 1. The van der Waals surface area contributed by atoms with Gasteiger partial charge in [-0.1, -0.05) is 58.9 Å². The topological polar surface area (TPSA) is 85.2 Å². The molecule has 2 aromatic rings. The Morgan fingerprint density at radius 2 is 1.59 bits per heavy atom. The second-order valence-electron chi connectivity index (χ2n) is 4.57. The van der Waals surface area contributed by atoms with Crippen LogP contribution in [0.5, 0.6) is 5.75 Å². The summed E-state index contributed by atoms with van der Waals surface area (Å²) in [5.41, 5.74) is 0.657. The van der Waals surface area contributed by atoms with Crippen molar-refractivity contribution in [3.8, 4) is 5.75 Å². The minimum Gasteiger partial charge on any atom is -0.496 e. The van der Waals surface area contributed by atoms with Gasteiger partial charge in [-0.15, -0.1) is 4.91 Å². The Morgan fingerprint density at radius 1 is 0.955 bits per heavy atom. The standard InChI is InChI=1S/C16H14N2O4/c1-22-13-10-6-5-9-12(13)14(17-20)15(18-21)16(19)11-7-3-2-4-8-11/h2-10,14-15H,1H3. The van der Waals surface area contributed by atoms with Gasteiger partial charge in [0.25, 0.3) is 0 Å². The van der Waals surface area contributed by atoms with Gasteiger partial charge in [-0.2, -0.15) is 4.91 Å². The summed E-state index contributed by atoms with van der Waals surface area (Å²) >= 11 is 0. The van der Waals surface area contributed by atoms with Crippen molar-refractivity contribution in [3.05, 3.63) is 75.5 Å². The summed E-state index contributed by atoms with van der Waals surface area (Å²) < 4.78 is 5.15. The van der Waals surface area contributed by atoms with Crippen LogP contribution in [0.4, 0.5) is 0 Å². The lowest BCUT2D eigenvalue weighted by Gasteiger charge is -2.17. The third-order valence-electron chi connectivity index (χ3n) is 3.31. The van der Waals surface area contributed by atoms with E-state index in [9.17, 15) is 14.6 Å². The molecular formula is C16H14N2O4. The molecule has 2 atom stereocenters. The van der Waals surface area contributed by atoms with Crippen LogP contribution in [0.2, 0.25) is 0 Å². The smallest absolute Gasteiger partial charge is 0.193 e. The van der Waals surface area contributed by atoms with Crippen LogP contribution in [-0.2, 0) is 0 Å². The zero-order valence-electron chi connectivity index (χ0n) is 11.9. The Morgan fingerprint density at radius 3 is 2.18 bits per heavy atom. The number of rotatable bonds is 7. The van der Waals surface area contributed by atoms with Gasteiger partial charge in [-0.25, -0.2) is 0 Å². The maximum atomic E-state index is 12.4. The lowest BCUT2D eigenvalue weighted by molar-refractivity contribution is 0.0949. The molecule has 22 heavy (non-hydrogen) atoms. The van der Waals surface area contributed by atoms with Gasteiger partial charge in [0.1, 0.15) is 5.75 Å². The van der Waals surface area contributed by atoms with Crippen molar-refractivity contribution in [1.29, 1.82) is 0 Å². The van der Waals surface area contributed by atoms with Crippen LogP contribution < -0.4 is 4.74 Å². The highest BCUT2D eigenvalue weighted by atomic mass is 16.5. The molecule has 0 spiro atoms. The molecule has 112 valence electrons. The van der Waals surface area contributed by atoms with Gasteiger partial charge in [0.2, 0.25) is 0 Å². The number of hydrogen-bond donors (Lipinski definition) is 0. The highest BCUT2D eigenvalue weighted by Gasteiger charge is 2.34. The Balaban J connectivity index is 2.41. The fraction of sp³-hybridized carbons (Fsp3) is 0.188. The summed E-state index contributed by atoms with van der Waals surface area (Å²) in [7, 11) is 1.43. The average Bonchev–Trinajstić information content (AvgIpc) is 2.59. The predicted molar refractivity (Wildman–Crippen MR) is 81.9 cm³/mol. The third-order valence-corrected chi connectivity index (χ3v) is 3.31. The molecule has 0 aliphatic carbocycles. The van der Waals surface area contributed by atoms with Gasteiger partial charge >= 0.3 is 0 Å². The van der Waals surface area contributed by atoms with E-state index < -0.39 is 17.9 Å². The second kappa shape index (κ2) is 7.21. The molecule has 2 aromatic carbocycles. The van der Waals surface area contributed by atoms with Crippen LogP contribution in [0, 0.1) is 9.81 Å². The molecule has 0 radical (unpaired) electrons. The van der Waals surface area contributed by atoms with Crippen LogP contribution in [-0.4, -0.2) is 18.9 Å². The molecule has 0 amide bonds. The largest absolute Gasteiger partial charge is 0.496 e. The van der Waals surface area contributed by atoms with Crippen LogP contribution in [0.15, 0.2) is 65.0 Å². The van der Waals surface area contributed by atoms with Crippen molar-refractivity contribution in [1.82, 2.24) is 0 Å². The Bertz CT molecular complexity index is 673. The van der Waals surface area contributed by atoms with Crippen molar-refractivity contribution in [3.63, 3.8) is 0 Å². The highest BCUT2D eigenvalue weighted by molar-refractivity contribution is 6.00. The summed E-state index contributed by atoms with van der Waals surface area (Å²) in [6, 6.07) is 12.1. The van der Waals surface area contributed by atoms with Crippen LogP contribution in [0.3, 0.4) is 0 Å². The van der Waals surface area contributed by atoms with E-state index >= 15 is 0 Å². The first-order valence-electron chi connectivity index (χ1n) is 6.60. The maximum absolute atomic E-state index is 12.4. The molecule has 6 nitrogen and oxygen atoms in total. The molecule has 0 bridgehead atoms. The van der Waals surface area contributed by atoms with Gasteiger partial charge < -0.3 is 4.74 Å². The summed E-state index contributed by atoms with van der Waals surface area (Å²) in [5, 5.41) is 5.78. The van der Waals surface area contributed by atoms with Crippen molar-refractivity contribution in [2.75, 3.05) is 7.11 Å². The Kier molecular flexibility index (Phi) is 5.08. The summed E-state index contributed by atoms with van der Waals surface area (Å²) in [4.78, 5) is 34.9. The van der Waals surface area contributed by atoms with E-state index in [-0.39, 0.29) is 0 Å². The van der Waals surface area contributed by atoms with Crippen molar-refractivity contribution < 1.29 is 9.53 Å². The number of benzene rings is 2. The fourth-order valence-corrected chi connectivity index (χ4v) is 2.22. The number of carbonyl (C=O) groups excluding carboxylic acids is 1. The number of ketones is 1. The molecule has 2 unspecified atom stereocenters. The molecule has 0 N–H and O–H groups in total. The molecule has 0 aliphatic rings. The first-order chi connectivity index (χ1) is 10.7. The summed E-state index contributed by atoms with van der Waals surface area (Å²) in [5.74, 6) is -0.173. The molecule has 6 heteroatoms.